The van der Waals surface area contributed by atoms with Crippen LogP contribution in [-0.2, 0) is 0 Å². The summed E-state index contributed by atoms with van der Waals surface area (Å²) in [6.45, 7) is 2.16. The predicted molar refractivity (Wildman–Crippen MR) is 76.8 cm³/mol. The van der Waals surface area contributed by atoms with Crippen LogP contribution in [0.3, 0.4) is 0 Å². The second kappa shape index (κ2) is 5.25. The van der Waals surface area contributed by atoms with Crippen molar-refractivity contribution in [3.8, 4) is 0 Å². The van der Waals surface area contributed by atoms with E-state index in [2.05, 4.69) is 0 Å². The lowest BCUT2D eigenvalue weighted by Gasteiger charge is -2.27. The Morgan fingerprint density at radius 3 is 2.33 bits per heavy atom. The van der Waals surface area contributed by atoms with E-state index in [9.17, 15) is 19.7 Å². The lowest BCUT2D eigenvalue weighted by Crippen LogP contribution is -2.48. The van der Waals surface area contributed by atoms with Crippen molar-refractivity contribution < 1.29 is 19.7 Å². The molecule has 2 aliphatic rings. The van der Waals surface area contributed by atoms with E-state index >= 15 is 0 Å². The van der Waals surface area contributed by atoms with Crippen molar-refractivity contribution in [2.24, 2.45) is 0 Å². The third kappa shape index (κ3) is 2.37. The molecule has 2 aliphatic heterocycles. The van der Waals surface area contributed by atoms with Crippen LogP contribution in [0, 0.1) is 0 Å². The first kappa shape index (κ1) is 14.3. The Kier molecular flexibility index (Phi) is 3.56. The number of amides is 2. The smallest absolute Gasteiger partial charge is 0.376 e. The predicted octanol–water partition coefficient (Wildman–Crippen LogP) is -0.172. The lowest BCUT2D eigenvalue weighted by molar-refractivity contribution is 0.0624. The second-order valence-corrected chi connectivity index (χ2v) is 5.64. The van der Waals surface area contributed by atoms with Crippen LogP contribution in [0.25, 0.3) is 0 Å². The van der Waals surface area contributed by atoms with Crippen molar-refractivity contribution in [1.29, 1.82) is 0 Å². The fraction of sp³-hybridized carbons (Fsp3) is 0.429. The van der Waals surface area contributed by atoms with Crippen molar-refractivity contribution >= 4 is 18.9 Å². The van der Waals surface area contributed by atoms with E-state index < -0.39 is 13.2 Å². The molecule has 6 nitrogen and oxygen atoms in total. The monoisotopic (exact) mass is 288 g/mol. The zero-order chi connectivity index (χ0) is 15.1. The summed E-state index contributed by atoms with van der Waals surface area (Å²) in [6.07, 6.45) is -0.0991. The number of hydrogen-bond acceptors (Lipinski definition) is 5. The van der Waals surface area contributed by atoms with Crippen LogP contribution in [0.5, 0.6) is 0 Å². The number of fused-ring (bicyclic) bond motifs is 1. The summed E-state index contributed by atoms with van der Waals surface area (Å²) in [7, 11) is -0.720. The Balaban J connectivity index is 1.80. The van der Waals surface area contributed by atoms with Gasteiger partial charge >= 0.3 is 7.05 Å². The number of benzene rings is 1. The van der Waals surface area contributed by atoms with Crippen molar-refractivity contribution in [3.05, 3.63) is 35.4 Å². The molecule has 1 fully saturated rings. The average molecular weight is 288 g/mol. The molecule has 0 spiro atoms. The molecule has 0 bridgehead atoms. The van der Waals surface area contributed by atoms with Gasteiger partial charge in [0.15, 0.2) is 0 Å². The standard InChI is InChI=1S/C14H17BN2O4/c1-15(21)17-8-10(18)6-9(17)7-16-13(19)11-4-2-3-5-12(11)14(16)20/h2-5,9-10,18,21H,6-8H2,1H3/t9-,10+/m1/s1. The molecular formula is C14H17BN2O4. The average Bonchev–Trinajstić information content (AvgIpc) is 2.94. The zero-order valence-electron chi connectivity index (χ0n) is 11.8. The van der Waals surface area contributed by atoms with Crippen LogP contribution in [0.1, 0.15) is 27.1 Å². The van der Waals surface area contributed by atoms with Gasteiger partial charge in [-0.15, -0.1) is 0 Å². The summed E-state index contributed by atoms with van der Waals surface area (Å²) in [5.74, 6) is -0.606. The van der Waals surface area contributed by atoms with Crippen LogP contribution < -0.4 is 0 Å². The number of carbonyl (C=O) groups excluding carboxylic acids is 2. The first-order valence-corrected chi connectivity index (χ1v) is 7.06. The van der Waals surface area contributed by atoms with Gasteiger partial charge in [-0.1, -0.05) is 12.1 Å². The topological polar surface area (TPSA) is 81.1 Å². The molecule has 3 rings (SSSR count). The minimum absolute atomic E-state index is 0.189. The van der Waals surface area contributed by atoms with Gasteiger partial charge in [0.1, 0.15) is 0 Å². The molecule has 2 N–H and O–H groups in total. The number of imide groups is 1. The zero-order valence-corrected chi connectivity index (χ0v) is 11.8. The number of carbonyl (C=O) groups is 2. The van der Waals surface area contributed by atoms with Gasteiger partial charge in [0.05, 0.1) is 17.2 Å². The molecule has 0 aliphatic carbocycles. The Labute approximate surface area is 123 Å². The Bertz CT molecular complexity index is 557. The maximum atomic E-state index is 12.3. The van der Waals surface area contributed by atoms with Crippen molar-refractivity contribution in [1.82, 2.24) is 9.71 Å². The highest BCUT2D eigenvalue weighted by Crippen LogP contribution is 2.26. The van der Waals surface area contributed by atoms with Gasteiger partial charge in [0.2, 0.25) is 0 Å². The van der Waals surface area contributed by atoms with Gasteiger partial charge in [0, 0.05) is 19.1 Å². The van der Waals surface area contributed by atoms with Crippen molar-refractivity contribution in [2.75, 3.05) is 13.1 Å². The fourth-order valence-corrected chi connectivity index (χ4v) is 3.17. The third-order valence-corrected chi connectivity index (χ3v) is 4.19. The maximum Gasteiger partial charge on any atom is 0.376 e. The molecule has 0 unspecified atom stereocenters. The van der Waals surface area contributed by atoms with Crippen LogP contribution in [0.2, 0.25) is 6.82 Å². The Hall–Kier alpha value is -1.70. The summed E-state index contributed by atoms with van der Waals surface area (Å²) >= 11 is 0. The van der Waals surface area contributed by atoms with Gasteiger partial charge in [-0.05, 0) is 25.4 Å². The van der Waals surface area contributed by atoms with Crippen molar-refractivity contribution in [2.45, 2.75) is 25.4 Å². The van der Waals surface area contributed by atoms with Gasteiger partial charge in [0.25, 0.3) is 11.8 Å². The van der Waals surface area contributed by atoms with E-state index in [4.69, 9.17) is 0 Å². The largest absolute Gasteiger partial charge is 0.437 e. The molecule has 21 heavy (non-hydrogen) atoms. The summed E-state index contributed by atoms with van der Waals surface area (Å²) in [6, 6.07) is 6.53. The second-order valence-electron chi connectivity index (χ2n) is 5.64. The summed E-state index contributed by atoms with van der Waals surface area (Å²) < 4.78 is 0. The summed E-state index contributed by atoms with van der Waals surface area (Å²) in [4.78, 5) is 27.6. The molecule has 0 radical (unpaired) electrons. The molecule has 110 valence electrons. The highest BCUT2D eigenvalue weighted by molar-refractivity contribution is 6.45. The van der Waals surface area contributed by atoms with E-state index in [-0.39, 0.29) is 24.4 Å². The first-order valence-electron chi connectivity index (χ1n) is 7.06. The maximum absolute atomic E-state index is 12.3. The normalized spacial score (nSPS) is 25.6. The number of rotatable bonds is 3. The molecule has 0 saturated carbocycles. The number of hydrogen-bond donors (Lipinski definition) is 2. The highest BCUT2D eigenvalue weighted by atomic mass is 16.3. The van der Waals surface area contributed by atoms with Gasteiger partial charge < -0.3 is 14.9 Å². The van der Waals surface area contributed by atoms with Crippen LogP contribution in [0.4, 0.5) is 0 Å². The van der Waals surface area contributed by atoms with Gasteiger partial charge in [-0.2, -0.15) is 0 Å². The Morgan fingerprint density at radius 1 is 1.24 bits per heavy atom. The Morgan fingerprint density at radius 2 is 1.81 bits per heavy atom. The van der Waals surface area contributed by atoms with E-state index in [0.717, 1.165) is 0 Å². The quantitative estimate of drug-likeness (QED) is 0.596. The van der Waals surface area contributed by atoms with Crippen LogP contribution in [0.15, 0.2) is 24.3 Å². The SMILES string of the molecule is CB(O)N1C[C@@H](O)C[C@@H]1CN1C(=O)c2ccccc2C1=O. The summed E-state index contributed by atoms with van der Waals surface area (Å²) in [5, 5.41) is 19.5. The molecule has 2 atom stereocenters. The van der Waals surface area contributed by atoms with Gasteiger partial charge in [-0.3, -0.25) is 14.5 Å². The third-order valence-electron chi connectivity index (χ3n) is 4.19. The van der Waals surface area contributed by atoms with Crippen LogP contribution in [-0.4, -0.2) is 63.9 Å². The molecule has 1 aromatic rings. The van der Waals surface area contributed by atoms with E-state index in [1.165, 1.54) is 4.90 Å². The van der Waals surface area contributed by atoms with Crippen LogP contribution >= 0.6 is 0 Å². The number of β-amino-alcohol motifs (C(OH)–C–C–N with tert-alkyl or cyclic N) is 1. The first-order chi connectivity index (χ1) is 9.99. The van der Waals surface area contributed by atoms with Crippen molar-refractivity contribution in [3.63, 3.8) is 0 Å². The number of aliphatic hydroxyl groups is 1. The lowest BCUT2D eigenvalue weighted by atomic mass is 9.84. The van der Waals surface area contributed by atoms with Gasteiger partial charge in [-0.25, -0.2) is 0 Å². The fourth-order valence-electron chi connectivity index (χ4n) is 3.17. The van der Waals surface area contributed by atoms with E-state index in [1.54, 1.807) is 35.9 Å². The number of nitrogens with zero attached hydrogens (tertiary/aromatic N) is 2. The molecule has 2 heterocycles. The molecular weight excluding hydrogens is 271 g/mol. The minimum atomic E-state index is -0.720. The molecule has 1 aromatic carbocycles. The summed E-state index contributed by atoms with van der Waals surface area (Å²) in [5.41, 5.74) is 0.842. The molecule has 1 saturated heterocycles. The molecule has 7 heteroatoms. The van der Waals surface area contributed by atoms with E-state index in [0.29, 0.717) is 24.1 Å². The molecule has 2 amide bonds. The molecule has 0 aromatic heterocycles. The number of aliphatic hydroxyl groups excluding tert-OH is 1. The van der Waals surface area contributed by atoms with E-state index in [1.807, 2.05) is 0 Å². The highest BCUT2D eigenvalue weighted by Gasteiger charge is 2.41. The minimum Gasteiger partial charge on any atom is -0.437 e.